The molecule has 0 saturated carbocycles. The fourth-order valence-electron chi connectivity index (χ4n) is 1.86. The quantitative estimate of drug-likeness (QED) is 0.819. The molecule has 2 aromatic carbocycles. The maximum Gasteiger partial charge on any atom is 0.255 e. The van der Waals surface area contributed by atoms with E-state index in [9.17, 15) is 4.79 Å². The van der Waals surface area contributed by atoms with Crippen LogP contribution in [0.15, 0.2) is 40.9 Å². The van der Waals surface area contributed by atoms with Gasteiger partial charge in [0, 0.05) is 15.1 Å². The molecular weight excluding hydrogens is 354 g/mol. The van der Waals surface area contributed by atoms with E-state index in [0.29, 0.717) is 28.6 Å². The molecule has 0 unspecified atom stereocenters. The Labute approximate surface area is 137 Å². The third kappa shape index (κ3) is 3.99. The van der Waals surface area contributed by atoms with Crippen molar-refractivity contribution in [2.75, 3.05) is 11.9 Å². The Balaban J connectivity index is 2.26. The molecule has 0 heterocycles. The highest BCUT2D eigenvalue weighted by molar-refractivity contribution is 9.10. The third-order valence-electron chi connectivity index (χ3n) is 2.91. The number of nitrogens with one attached hydrogen (secondary N) is 1. The Morgan fingerprint density at radius 3 is 2.71 bits per heavy atom. The zero-order valence-electron chi connectivity index (χ0n) is 11.7. The van der Waals surface area contributed by atoms with E-state index in [1.165, 1.54) is 0 Å². The van der Waals surface area contributed by atoms with E-state index in [1.54, 1.807) is 24.3 Å². The van der Waals surface area contributed by atoms with Crippen LogP contribution in [0.2, 0.25) is 5.02 Å². The van der Waals surface area contributed by atoms with E-state index in [-0.39, 0.29) is 5.91 Å². The van der Waals surface area contributed by atoms with Crippen molar-refractivity contribution in [1.82, 2.24) is 0 Å². The van der Waals surface area contributed by atoms with E-state index in [1.807, 2.05) is 26.0 Å². The molecule has 3 nitrogen and oxygen atoms in total. The van der Waals surface area contributed by atoms with Crippen LogP contribution < -0.4 is 10.1 Å². The van der Waals surface area contributed by atoms with Crippen molar-refractivity contribution < 1.29 is 9.53 Å². The molecule has 0 aliphatic carbocycles. The topological polar surface area (TPSA) is 38.3 Å². The zero-order valence-corrected chi connectivity index (χ0v) is 14.1. The van der Waals surface area contributed by atoms with Crippen LogP contribution >= 0.6 is 27.5 Å². The van der Waals surface area contributed by atoms with Crippen molar-refractivity contribution >= 4 is 39.1 Å². The van der Waals surface area contributed by atoms with Crippen molar-refractivity contribution in [3.05, 3.63) is 57.0 Å². The Morgan fingerprint density at radius 1 is 1.29 bits per heavy atom. The summed E-state index contributed by atoms with van der Waals surface area (Å²) in [5.74, 6) is 0.401. The predicted molar refractivity (Wildman–Crippen MR) is 89.5 cm³/mol. The summed E-state index contributed by atoms with van der Waals surface area (Å²) in [6.07, 6.45) is 0. The molecule has 110 valence electrons. The molecule has 0 fully saturated rings. The molecule has 0 aliphatic rings. The number of halogens is 2. The maximum atomic E-state index is 12.3. The fourth-order valence-corrected chi connectivity index (χ4v) is 2.28. The number of ether oxygens (including phenoxy) is 1. The normalized spacial score (nSPS) is 10.3. The van der Waals surface area contributed by atoms with Gasteiger partial charge in [-0.15, -0.1) is 0 Å². The molecule has 0 bridgehead atoms. The largest absolute Gasteiger partial charge is 0.492 e. The summed E-state index contributed by atoms with van der Waals surface area (Å²) in [7, 11) is 0. The summed E-state index contributed by atoms with van der Waals surface area (Å²) in [5, 5.41) is 3.38. The van der Waals surface area contributed by atoms with Crippen LogP contribution in [0.3, 0.4) is 0 Å². The SMILES string of the molecule is CCOc1ccc(Cl)cc1NC(=O)c1ccc(Br)c(C)c1. The van der Waals surface area contributed by atoms with E-state index in [4.69, 9.17) is 16.3 Å². The lowest BCUT2D eigenvalue weighted by Gasteiger charge is -2.12. The van der Waals surface area contributed by atoms with Gasteiger partial charge in [0.25, 0.3) is 5.91 Å². The van der Waals surface area contributed by atoms with Gasteiger partial charge < -0.3 is 10.1 Å². The smallest absolute Gasteiger partial charge is 0.255 e. The lowest BCUT2D eigenvalue weighted by Crippen LogP contribution is -2.13. The standard InChI is InChI=1S/C16H15BrClNO2/c1-3-21-15-7-5-12(18)9-14(15)19-16(20)11-4-6-13(17)10(2)8-11/h4-9H,3H2,1-2H3,(H,19,20). The summed E-state index contributed by atoms with van der Waals surface area (Å²) >= 11 is 9.40. The number of aryl methyl sites for hydroxylation is 1. The number of hydrogen-bond donors (Lipinski definition) is 1. The van der Waals surface area contributed by atoms with E-state index in [0.717, 1.165) is 10.0 Å². The molecule has 0 saturated heterocycles. The minimum atomic E-state index is -0.200. The van der Waals surface area contributed by atoms with Crippen LogP contribution in [0, 0.1) is 6.92 Å². The van der Waals surface area contributed by atoms with Crippen molar-refractivity contribution in [2.24, 2.45) is 0 Å². The molecule has 0 atom stereocenters. The van der Waals surface area contributed by atoms with E-state index < -0.39 is 0 Å². The molecule has 1 N–H and O–H groups in total. The molecular formula is C16H15BrClNO2. The summed E-state index contributed by atoms with van der Waals surface area (Å²) in [6, 6.07) is 10.6. The van der Waals surface area contributed by atoms with Gasteiger partial charge in [-0.05, 0) is 55.8 Å². The number of amides is 1. The third-order valence-corrected chi connectivity index (χ3v) is 4.03. The van der Waals surface area contributed by atoms with Gasteiger partial charge in [-0.2, -0.15) is 0 Å². The van der Waals surface area contributed by atoms with E-state index in [2.05, 4.69) is 21.2 Å². The molecule has 0 spiro atoms. The molecule has 0 aromatic heterocycles. The van der Waals surface area contributed by atoms with E-state index >= 15 is 0 Å². The number of rotatable bonds is 4. The van der Waals surface area contributed by atoms with Crippen LogP contribution in [0.4, 0.5) is 5.69 Å². The van der Waals surface area contributed by atoms with Gasteiger partial charge in [0.1, 0.15) is 5.75 Å². The minimum Gasteiger partial charge on any atom is -0.492 e. The Morgan fingerprint density at radius 2 is 2.05 bits per heavy atom. The van der Waals surface area contributed by atoms with Crippen LogP contribution in [0.25, 0.3) is 0 Å². The minimum absolute atomic E-state index is 0.200. The maximum absolute atomic E-state index is 12.3. The lowest BCUT2D eigenvalue weighted by atomic mass is 10.1. The summed E-state index contributed by atoms with van der Waals surface area (Å²) < 4.78 is 6.46. The second-order valence-corrected chi connectivity index (χ2v) is 5.78. The van der Waals surface area contributed by atoms with Gasteiger partial charge in [-0.1, -0.05) is 27.5 Å². The summed E-state index contributed by atoms with van der Waals surface area (Å²) in [6.45, 7) is 4.34. The monoisotopic (exact) mass is 367 g/mol. The molecule has 2 rings (SSSR count). The Kier molecular flexibility index (Phi) is 5.26. The first kappa shape index (κ1) is 15.9. The highest BCUT2D eigenvalue weighted by Gasteiger charge is 2.11. The number of hydrogen-bond acceptors (Lipinski definition) is 2. The second kappa shape index (κ2) is 6.96. The first-order valence-corrected chi connectivity index (χ1v) is 7.68. The number of carbonyl (C=O) groups is 1. The summed E-state index contributed by atoms with van der Waals surface area (Å²) in [4.78, 5) is 12.3. The van der Waals surface area contributed by atoms with Gasteiger partial charge in [0.15, 0.2) is 0 Å². The highest BCUT2D eigenvalue weighted by Crippen LogP contribution is 2.28. The predicted octanol–water partition coefficient (Wildman–Crippen LogP) is 5.06. The number of benzene rings is 2. The first-order valence-electron chi connectivity index (χ1n) is 6.51. The number of anilines is 1. The van der Waals surface area contributed by atoms with Crippen LogP contribution in [-0.4, -0.2) is 12.5 Å². The summed E-state index contributed by atoms with van der Waals surface area (Å²) in [5.41, 5.74) is 2.15. The van der Waals surface area contributed by atoms with Crippen LogP contribution in [0.1, 0.15) is 22.8 Å². The number of carbonyl (C=O) groups excluding carboxylic acids is 1. The molecule has 1 amide bonds. The zero-order chi connectivity index (χ0) is 15.4. The first-order chi connectivity index (χ1) is 10.0. The second-order valence-electron chi connectivity index (χ2n) is 4.49. The lowest BCUT2D eigenvalue weighted by molar-refractivity contribution is 0.102. The average molecular weight is 369 g/mol. The fraction of sp³-hybridized carbons (Fsp3) is 0.188. The molecule has 2 aromatic rings. The van der Waals surface area contributed by atoms with Gasteiger partial charge in [0.05, 0.1) is 12.3 Å². The van der Waals surface area contributed by atoms with Crippen molar-refractivity contribution in [2.45, 2.75) is 13.8 Å². The van der Waals surface area contributed by atoms with Gasteiger partial charge >= 0.3 is 0 Å². The van der Waals surface area contributed by atoms with Crippen molar-refractivity contribution in [3.8, 4) is 5.75 Å². The Bertz CT molecular complexity index is 673. The Hall–Kier alpha value is -1.52. The molecule has 5 heteroatoms. The molecule has 0 aliphatic heterocycles. The van der Waals surface area contributed by atoms with Gasteiger partial charge in [-0.25, -0.2) is 0 Å². The molecule has 21 heavy (non-hydrogen) atoms. The average Bonchev–Trinajstić information content (AvgIpc) is 2.45. The van der Waals surface area contributed by atoms with Crippen LogP contribution in [0.5, 0.6) is 5.75 Å². The van der Waals surface area contributed by atoms with Gasteiger partial charge in [-0.3, -0.25) is 4.79 Å². The van der Waals surface area contributed by atoms with Crippen LogP contribution in [-0.2, 0) is 0 Å². The van der Waals surface area contributed by atoms with Gasteiger partial charge in [0.2, 0.25) is 0 Å². The van der Waals surface area contributed by atoms with Crippen molar-refractivity contribution in [1.29, 1.82) is 0 Å². The van der Waals surface area contributed by atoms with Crippen molar-refractivity contribution in [3.63, 3.8) is 0 Å². The molecule has 0 radical (unpaired) electrons. The highest BCUT2D eigenvalue weighted by atomic mass is 79.9.